The Kier molecular flexibility index (Phi) is 3.66. The number of hydrogen-bond acceptors (Lipinski definition) is 5. The van der Waals surface area contributed by atoms with Crippen LogP contribution in [0.1, 0.15) is 44.1 Å². The first kappa shape index (κ1) is 16.9. The molecule has 5 rings (SSSR count). The van der Waals surface area contributed by atoms with Crippen molar-refractivity contribution >= 4 is 27.2 Å². The first-order valence-corrected chi connectivity index (χ1v) is 10.4. The molecule has 1 aliphatic rings. The van der Waals surface area contributed by atoms with Crippen molar-refractivity contribution in [3.8, 4) is 11.5 Å². The highest BCUT2D eigenvalue weighted by Crippen LogP contribution is 2.44. The molecule has 0 aliphatic heterocycles. The molecule has 6 nitrogen and oxygen atoms in total. The van der Waals surface area contributed by atoms with Crippen LogP contribution in [-0.4, -0.2) is 29.4 Å². The van der Waals surface area contributed by atoms with Crippen LogP contribution < -0.4 is 0 Å². The Labute approximate surface area is 162 Å². The fraction of sp³-hybridized carbons (Fsp3) is 0.500. The monoisotopic (exact) mass is 380 g/mol. The summed E-state index contributed by atoms with van der Waals surface area (Å²) in [4.78, 5) is 12.1. The van der Waals surface area contributed by atoms with E-state index in [0.717, 1.165) is 34.9 Å². The highest BCUT2D eigenvalue weighted by atomic mass is 32.1. The third kappa shape index (κ3) is 2.59. The van der Waals surface area contributed by atoms with Crippen LogP contribution in [0.3, 0.4) is 0 Å². The maximum Gasteiger partial charge on any atom is 0.202 e. The Morgan fingerprint density at radius 2 is 2.15 bits per heavy atom. The summed E-state index contributed by atoms with van der Waals surface area (Å²) < 4.78 is 3.58. The SMILES string of the molecule is CCC(C)(C)[C@@H]1CCc2c(sc3ncn4nc(-c5ccn(C)n5)nc4c23)C1. The van der Waals surface area contributed by atoms with Gasteiger partial charge in [0.05, 0.1) is 5.39 Å². The van der Waals surface area contributed by atoms with Crippen molar-refractivity contribution in [2.45, 2.75) is 46.5 Å². The zero-order chi connectivity index (χ0) is 18.8. The average molecular weight is 381 g/mol. The lowest BCUT2D eigenvalue weighted by Gasteiger charge is -2.36. The standard InChI is InChI=1S/C20H24N6S/c1-5-20(2,3)12-6-7-13-15(10-12)27-19-16(13)18-22-17(24-26(18)11-21-19)14-8-9-25(4)23-14/h8-9,11-12H,5-7,10H2,1-4H3/t12-/m1/s1. The topological polar surface area (TPSA) is 60.9 Å². The van der Waals surface area contributed by atoms with E-state index in [1.165, 1.54) is 28.7 Å². The average Bonchev–Trinajstić information content (AvgIpc) is 3.35. The van der Waals surface area contributed by atoms with Crippen LogP contribution in [0.25, 0.3) is 27.4 Å². The summed E-state index contributed by atoms with van der Waals surface area (Å²) in [7, 11) is 1.91. The molecule has 4 heterocycles. The highest BCUT2D eigenvalue weighted by Gasteiger charge is 2.33. The largest absolute Gasteiger partial charge is 0.275 e. The first-order chi connectivity index (χ1) is 13.0. The Morgan fingerprint density at radius 3 is 2.89 bits per heavy atom. The van der Waals surface area contributed by atoms with E-state index in [-0.39, 0.29) is 0 Å². The Morgan fingerprint density at radius 1 is 1.30 bits per heavy atom. The molecule has 27 heavy (non-hydrogen) atoms. The normalized spacial score (nSPS) is 17.7. The van der Waals surface area contributed by atoms with Crippen molar-refractivity contribution in [1.29, 1.82) is 0 Å². The van der Waals surface area contributed by atoms with Gasteiger partial charge < -0.3 is 0 Å². The zero-order valence-corrected chi connectivity index (χ0v) is 17.0. The van der Waals surface area contributed by atoms with E-state index >= 15 is 0 Å². The lowest BCUT2D eigenvalue weighted by Crippen LogP contribution is -2.28. The summed E-state index contributed by atoms with van der Waals surface area (Å²) >= 11 is 1.84. The third-order valence-corrected chi connectivity index (χ3v) is 7.51. The van der Waals surface area contributed by atoms with Crippen LogP contribution in [-0.2, 0) is 19.9 Å². The second-order valence-electron chi connectivity index (χ2n) is 8.29. The molecule has 0 N–H and O–H groups in total. The summed E-state index contributed by atoms with van der Waals surface area (Å²) in [6, 6.07) is 1.94. The Hall–Kier alpha value is -2.28. The maximum atomic E-state index is 4.83. The number of rotatable bonds is 3. The van der Waals surface area contributed by atoms with E-state index in [4.69, 9.17) is 4.98 Å². The van der Waals surface area contributed by atoms with E-state index in [2.05, 4.69) is 36.0 Å². The first-order valence-electron chi connectivity index (χ1n) is 9.62. The van der Waals surface area contributed by atoms with Gasteiger partial charge in [0.25, 0.3) is 0 Å². The van der Waals surface area contributed by atoms with Gasteiger partial charge in [-0.2, -0.15) is 5.10 Å². The van der Waals surface area contributed by atoms with E-state index in [0.29, 0.717) is 11.2 Å². The molecule has 0 aromatic carbocycles. The number of fused-ring (bicyclic) bond motifs is 5. The molecule has 0 saturated heterocycles. The van der Waals surface area contributed by atoms with Gasteiger partial charge in [-0.05, 0) is 42.2 Å². The molecular weight excluding hydrogens is 356 g/mol. The molecular formula is C20H24N6S. The van der Waals surface area contributed by atoms with Gasteiger partial charge in [-0.25, -0.2) is 14.5 Å². The quantitative estimate of drug-likeness (QED) is 0.532. The molecule has 0 spiro atoms. The molecule has 0 saturated carbocycles. The second-order valence-corrected chi connectivity index (χ2v) is 9.37. The maximum absolute atomic E-state index is 4.83. The van der Waals surface area contributed by atoms with Crippen LogP contribution in [0.4, 0.5) is 0 Å². The Bertz CT molecular complexity index is 1150. The molecule has 140 valence electrons. The van der Waals surface area contributed by atoms with Crippen molar-refractivity contribution in [2.75, 3.05) is 0 Å². The van der Waals surface area contributed by atoms with Crippen molar-refractivity contribution in [2.24, 2.45) is 18.4 Å². The smallest absolute Gasteiger partial charge is 0.202 e. The molecule has 1 atom stereocenters. The predicted octanol–water partition coefficient (Wildman–Crippen LogP) is 4.28. The van der Waals surface area contributed by atoms with Crippen molar-refractivity contribution in [1.82, 2.24) is 29.4 Å². The minimum atomic E-state index is 0.387. The second kappa shape index (κ2) is 5.86. The molecule has 1 aliphatic carbocycles. The summed E-state index contributed by atoms with van der Waals surface area (Å²) in [6.45, 7) is 7.12. The molecule has 0 radical (unpaired) electrons. The number of hydrogen-bond donors (Lipinski definition) is 0. The van der Waals surface area contributed by atoms with Crippen molar-refractivity contribution in [3.63, 3.8) is 0 Å². The lowest BCUT2D eigenvalue weighted by atomic mass is 9.70. The fourth-order valence-corrected chi connectivity index (χ4v) is 5.43. The number of thiophene rings is 1. The van der Waals surface area contributed by atoms with Gasteiger partial charge in [0.1, 0.15) is 16.9 Å². The van der Waals surface area contributed by atoms with Gasteiger partial charge >= 0.3 is 0 Å². The van der Waals surface area contributed by atoms with E-state index < -0.39 is 0 Å². The molecule has 4 aromatic rings. The molecule has 4 aromatic heterocycles. The van der Waals surface area contributed by atoms with Crippen LogP contribution >= 0.6 is 11.3 Å². The zero-order valence-electron chi connectivity index (χ0n) is 16.2. The van der Waals surface area contributed by atoms with Gasteiger partial charge in [-0.3, -0.25) is 4.68 Å². The minimum Gasteiger partial charge on any atom is -0.275 e. The van der Waals surface area contributed by atoms with Gasteiger partial charge in [0, 0.05) is 18.1 Å². The molecule has 0 amide bonds. The predicted molar refractivity (Wildman–Crippen MR) is 108 cm³/mol. The fourth-order valence-electron chi connectivity index (χ4n) is 4.17. The summed E-state index contributed by atoms with van der Waals surface area (Å²) in [6.07, 6.45) is 8.42. The summed E-state index contributed by atoms with van der Waals surface area (Å²) in [5.41, 5.74) is 3.53. The summed E-state index contributed by atoms with van der Waals surface area (Å²) in [5, 5.41) is 10.2. The molecule has 0 fully saturated rings. The van der Waals surface area contributed by atoms with Crippen molar-refractivity contribution in [3.05, 3.63) is 29.0 Å². The van der Waals surface area contributed by atoms with Crippen LogP contribution in [0.15, 0.2) is 18.6 Å². The highest BCUT2D eigenvalue weighted by molar-refractivity contribution is 7.19. The molecule has 0 bridgehead atoms. The molecule has 0 unspecified atom stereocenters. The van der Waals surface area contributed by atoms with Gasteiger partial charge in [-0.1, -0.05) is 27.2 Å². The minimum absolute atomic E-state index is 0.387. The van der Waals surface area contributed by atoms with Gasteiger partial charge in [0.2, 0.25) is 5.82 Å². The molecule has 7 heteroatoms. The third-order valence-electron chi connectivity index (χ3n) is 6.35. The van der Waals surface area contributed by atoms with Crippen LogP contribution in [0, 0.1) is 11.3 Å². The van der Waals surface area contributed by atoms with Crippen LogP contribution in [0.5, 0.6) is 0 Å². The number of nitrogens with zero attached hydrogens (tertiary/aromatic N) is 6. The Balaban J connectivity index is 1.63. The van der Waals surface area contributed by atoms with E-state index in [9.17, 15) is 0 Å². The number of aromatic nitrogens is 6. The van der Waals surface area contributed by atoms with Gasteiger partial charge in [0.15, 0.2) is 5.65 Å². The van der Waals surface area contributed by atoms with Gasteiger partial charge in [-0.15, -0.1) is 16.4 Å². The van der Waals surface area contributed by atoms with Crippen molar-refractivity contribution < 1.29 is 0 Å². The van der Waals surface area contributed by atoms with E-state index in [1.807, 2.05) is 30.6 Å². The van der Waals surface area contributed by atoms with E-state index in [1.54, 1.807) is 15.5 Å². The number of aryl methyl sites for hydroxylation is 2. The summed E-state index contributed by atoms with van der Waals surface area (Å²) in [5.74, 6) is 1.40. The van der Waals surface area contributed by atoms with Crippen LogP contribution in [0.2, 0.25) is 0 Å². The lowest BCUT2D eigenvalue weighted by molar-refractivity contribution is 0.184.